The highest BCUT2D eigenvalue weighted by Gasteiger charge is 2.18. The van der Waals surface area contributed by atoms with Crippen LogP contribution in [0, 0.1) is 20.8 Å². The van der Waals surface area contributed by atoms with Crippen molar-refractivity contribution in [2.45, 2.75) is 32.2 Å². The number of amides is 1. The van der Waals surface area contributed by atoms with E-state index in [4.69, 9.17) is 0 Å². The summed E-state index contributed by atoms with van der Waals surface area (Å²) in [4.78, 5) is 18.8. The van der Waals surface area contributed by atoms with Crippen LogP contribution in [0.5, 0.6) is 0 Å². The summed E-state index contributed by atoms with van der Waals surface area (Å²) < 4.78 is 29.6. The molecule has 33 heavy (non-hydrogen) atoms. The number of nitrogens with zero attached hydrogens (tertiary/aromatic N) is 3. The molecule has 0 spiro atoms. The third-order valence-corrected chi connectivity index (χ3v) is 7.67. The van der Waals surface area contributed by atoms with Gasteiger partial charge in [-0.3, -0.25) is 4.79 Å². The SMILES string of the molecule is Cc1ccc(C)c(S(=O)(=O)NCCNC(=O)c2cc(C)nc3c2cnn3Cc2cccs2)c1. The Kier molecular flexibility index (Phi) is 6.59. The van der Waals surface area contributed by atoms with Gasteiger partial charge in [-0.25, -0.2) is 22.8 Å². The van der Waals surface area contributed by atoms with Crippen LogP contribution in [0.15, 0.2) is 52.9 Å². The predicted octanol–water partition coefficient (Wildman–Crippen LogP) is 3.17. The molecular weight excluding hydrogens is 458 g/mol. The Morgan fingerprint density at radius 2 is 1.94 bits per heavy atom. The summed E-state index contributed by atoms with van der Waals surface area (Å²) in [7, 11) is -3.66. The van der Waals surface area contributed by atoms with E-state index in [9.17, 15) is 13.2 Å². The maximum absolute atomic E-state index is 12.9. The molecule has 10 heteroatoms. The molecule has 0 saturated carbocycles. The molecule has 2 N–H and O–H groups in total. The van der Waals surface area contributed by atoms with E-state index in [1.807, 2.05) is 37.4 Å². The molecule has 8 nitrogen and oxygen atoms in total. The summed E-state index contributed by atoms with van der Waals surface area (Å²) in [5.74, 6) is -0.299. The van der Waals surface area contributed by atoms with Gasteiger partial charge in [0.2, 0.25) is 10.0 Å². The van der Waals surface area contributed by atoms with Gasteiger partial charge in [-0.05, 0) is 55.5 Å². The zero-order valence-electron chi connectivity index (χ0n) is 18.6. The van der Waals surface area contributed by atoms with Gasteiger partial charge in [0.05, 0.1) is 28.6 Å². The van der Waals surface area contributed by atoms with E-state index in [0.717, 1.165) is 10.4 Å². The van der Waals surface area contributed by atoms with Crippen LogP contribution in [0.2, 0.25) is 0 Å². The summed E-state index contributed by atoms with van der Waals surface area (Å²) in [6, 6.07) is 11.0. The molecule has 1 aromatic carbocycles. The van der Waals surface area contributed by atoms with Crippen molar-refractivity contribution in [2.24, 2.45) is 0 Å². The molecule has 3 heterocycles. The minimum atomic E-state index is -3.66. The number of hydrogen-bond donors (Lipinski definition) is 2. The van der Waals surface area contributed by atoms with E-state index < -0.39 is 10.0 Å². The highest BCUT2D eigenvalue weighted by Crippen LogP contribution is 2.20. The summed E-state index contributed by atoms with van der Waals surface area (Å²) in [5.41, 5.74) is 3.35. The smallest absolute Gasteiger partial charge is 0.252 e. The van der Waals surface area contributed by atoms with Crippen LogP contribution in [0.1, 0.15) is 32.1 Å². The van der Waals surface area contributed by atoms with E-state index in [-0.39, 0.29) is 23.9 Å². The lowest BCUT2D eigenvalue weighted by molar-refractivity contribution is 0.0956. The predicted molar refractivity (Wildman–Crippen MR) is 129 cm³/mol. The van der Waals surface area contributed by atoms with Crippen LogP contribution in [0.25, 0.3) is 11.0 Å². The van der Waals surface area contributed by atoms with Crippen molar-refractivity contribution in [3.63, 3.8) is 0 Å². The second-order valence-electron chi connectivity index (χ2n) is 7.85. The maximum atomic E-state index is 12.9. The van der Waals surface area contributed by atoms with Crippen LogP contribution in [-0.2, 0) is 16.6 Å². The molecule has 0 atom stereocenters. The Bertz CT molecular complexity index is 1410. The molecule has 4 aromatic rings. The first kappa shape index (κ1) is 23.1. The van der Waals surface area contributed by atoms with Gasteiger partial charge in [0, 0.05) is 23.7 Å². The molecule has 0 unspecified atom stereocenters. The Labute approximate surface area is 196 Å². The quantitative estimate of drug-likeness (QED) is 0.375. The lowest BCUT2D eigenvalue weighted by atomic mass is 10.1. The van der Waals surface area contributed by atoms with Crippen LogP contribution >= 0.6 is 11.3 Å². The third-order valence-electron chi connectivity index (χ3n) is 5.20. The maximum Gasteiger partial charge on any atom is 0.252 e. The lowest BCUT2D eigenvalue weighted by Gasteiger charge is -2.11. The summed E-state index contributed by atoms with van der Waals surface area (Å²) in [5, 5.41) is 9.88. The average Bonchev–Trinajstić information content (AvgIpc) is 3.43. The van der Waals surface area contributed by atoms with Gasteiger partial charge < -0.3 is 5.32 Å². The number of thiophene rings is 1. The van der Waals surface area contributed by atoms with Gasteiger partial charge >= 0.3 is 0 Å². The zero-order chi connectivity index (χ0) is 23.6. The Balaban J connectivity index is 1.44. The third kappa shape index (κ3) is 5.13. The number of hydrogen-bond acceptors (Lipinski definition) is 6. The van der Waals surface area contributed by atoms with Gasteiger partial charge in [0.25, 0.3) is 5.91 Å². The van der Waals surface area contributed by atoms with Crippen LogP contribution in [0.4, 0.5) is 0 Å². The van der Waals surface area contributed by atoms with E-state index >= 15 is 0 Å². The van der Waals surface area contributed by atoms with Gasteiger partial charge in [0.15, 0.2) is 5.65 Å². The first-order valence-corrected chi connectivity index (χ1v) is 12.8. The summed E-state index contributed by atoms with van der Waals surface area (Å²) in [6.07, 6.45) is 1.65. The molecule has 172 valence electrons. The Morgan fingerprint density at radius 1 is 1.12 bits per heavy atom. The number of nitrogens with one attached hydrogen (secondary N) is 2. The summed E-state index contributed by atoms with van der Waals surface area (Å²) >= 11 is 1.64. The number of aromatic nitrogens is 3. The number of fused-ring (bicyclic) bond motifs is 1. The first-order valence-electron chi connectivity index (χ1n) is 10.5. The topological polar surface area (TPSA) is 106 Å². The highest BCUT2D eigenvalue weighted by atomic mass is 32.2. The van der Waals surface area contributed by atoms with E-state index in [1.165, 1.54) is 0 Å². The number of carbonyl (C=O) groups excluding carboxylic acids is 1. The van der Waals surface area contributed by atoms with E-state index in [1.54, 1.807) is 47.3 Å². The number of carbonyl (C=O) groups is 1. The molecule has 4 rings (SSSR count). The molecule has 0 radical (unpaired) electrons. The van der Waals surface area contributed by atoms with Crippen molar-refractivity contribution < 1.29 is 13.2 Å². The Morgan fingerprint density at radius 3 is 2.70 bits per heavy atom. The van der Waals surface area contributed by atoms with Crippen LogP contribution in [0.3, 0.4) is 0 Å². The number of pyridine rings is 1. The minimum Gasteiger partial charge on any atom is -0.351 e. The molecule has 0 saturated heterocycles. The van der Waals surface area contributed by atoms with Gasteiger partial charge in [-0.2, -0.15) is 5.10 Å². The van der Waals surface area contributed by atoms with Crippen molar-refractivity contribution in [1.29, 1.82) is 0 Å². The fourth-order valence-corrected chi connectivity index (χ4v) is 5.60. The summed E-state index contributed by atoms with van der Waals surface area (Å²) in [6.45, 7) is 6.24. The molecule has 1 amide bonds. The largest absolute Gasteiger partial charge is 0.351 e. The van der Waals surface area contributed by atoms with Crippen LogP contribution in [-0.4, -0.2) is 42.2 Å². The lowest BCUT2D eigenvalue weighted by Crippen LogP contribution is -2.35. The molecule has 0 aliphatic heterocycles. The average molecular weight is 484 g/mol. The highest BCUT2D eigenvalue weighted by molar-refractivity contribution is 7.89. The van der Waals surface area contributed by atoms with Gasteiger partial charge in [0.1, 0.15) is 0 Å². The number of benzene rings is 1. The molecule has 0 aliphatic carbocycles. The Hall–Kier alpha value is -3.08. The van der Waals surface area contributed by atoms with E-state index in [2.05, 4.69) is 20.1 Å². The standard InChI is InChI=1S/C23H25N5O3S2/c1-15-6-7-16(2)21(11-15)33(30,31)26-9-8-24-23(29)19-12-17(3)27-22-20(19)13-25-28(22)14-18-5-4-10-32-18/h4-7,10-13,26H,8-9,14H2,1-3H3,(H,24,29). The molecule has 0 bridgehead atoms. The number of aryl methyl sites for hydroxylation is 3. The van der Waals surface area contributed by atoms with Crippen molar-refractivity contribution >= 4 is 38.3 Å². The van der Waals surface area contributed by atoms with E-state index in [0.29, 0.717) is 34.4 Å². The van der Waals surface area contributed by atoms with Gasteiger partial charge in [-0.15, -0.1) is 11.3 Å². The molecule has 3 aromatic heterocycles. The fourth-order valence-electron chi connectivity index (χ4n) is 3.56. The first-order chi connectivity index (χ1) is 15.7. The zero-order valence-corrected chi connectivity index (χ0v) is 20.3. The van der Waals surface area contributed by atoms with Crippen molar-refractivity contribution in [2.75, 3.05) is 13.1 Å². The van der Waals surface area contributed by atoms with Crippen molar-refractivity contribution in [3.05, 3.63) is 75.2 Å². The molecular formula is C23H25N5O3S2. The van der Waals surface area contributed by atoms with Gasteiger partial charge in [-0.1, -0.05) is 18.2 Å². The number of sulfonamides is 1. The molecule has 0 aliphatic rings. The van der Waals surface area contributed by atoms with Crippen molar-refractivity contribution in [1.82, 2.24) is 24.8 Å². The fraction of sp³-hybridized carbons (Fsp3) is 0.261. The second kappa shape index (κ2) is 9.42. The second-order valence-corrected chi connectivity index (χ2v) is 10.6. The monoisotopic (exact) mass is 483 g/mol. The normalized spacial score (nSPS) is 11.7. The minimum absolute atomic E-state index is 0.0757. The van der Waals surface area contributed by atoms with Crippen molar-refractivity contribution in [3.8, 4) is 0 Å². The van der Waals surface area contributed by atoms with Crippen LogP contribution < -0.4 is 10.0 Å². The molecule has 0 fully saturated rings. The number of rotatable bonds is 8.